The first kappa shape index (κ1) is 9.90. The van der Waals surface area contributed by atoms with E-state index in [9.17, 15) is 9.18 Å². The Morgan fingerprint density at radius 1 is 1.29 bits per heavy atom. The molecule has 1 amide bonds. The summed E-state index contributed by atoms with van der Waals surface area (Å²) in [6.07, 6.45) is 3.24. The summed E-state index contributed by atoms with van der Waals surface area (Å²) in [6, 6.07) is -0.420. The van der Waals surface area contributed by atoms with Crippen LogP contribution in [-0.2, 0) is 9.53 Å². The molecule has 0 aromatic carbocycles. The van der Waals surface area contributed by atoms with Gasteiger partial charge < -0.3 is 10.1 Å². The monoisotopic (exact) mass is 201 g/mol. The summed E-state index contributed by atoms with van der Waals surface area (Å²) in [5, 5.41) is 2.73. The van der Waals surface area contributed by atoms with Crippen LogP contribution in [0.25, 0.3) is 0 Å². The second kappa shape index (κ2) is 4.26. The molecule has 2 fully saturated rings. The Labute approximate surface area is 83.0 Å². The van der Waals surface area contributed by atoms with Crippen molar-refractivity contribution in [1.29, 1.82) is 0 Å². The molecular formula is C10H16FNO2. The van der Waals surface area contributed by atoms with Gasteiger partial charge in [-0.3, -0.25) is 4.79 Å². The topological polar surface area (TPSA) is 38.3 Å². The minimum Gasteiger partial charge on any atom is -0.348 e. The van der Waals surface area contributed by atoms with Gasteiger partial charge in [-0.2, -0.15) is 0 Å². The molecule has 3 nitrogen and oxygen atoms in total. The molecule has 1 aliphatic heterocycles. The summed E-state index contributed by atoms with van der Waals surface area (Å²) in [5.41, 5.74) is 0. The summed E-state index contributed by atoms with van der Waals surface area (Å²) in [4.78, 5) is 11.5. The van der Waals surface area contributed by atoms with Crippen LogP contribution in [-0.4, -0.2) is 24.9 Å². The van der Waals surface area contributed by atoms with Crippen molar-refractivity contribution >= 4 is 5.91 Å². The van der Waals surface area contributed by atoms with Crippen molar-refractivity contribution < 1.29 is 13.9 Å². The number of nitrogens with one attached hydrogen (secondary N) is 1. The van der Waals surface area contributed by atoms with E-state index in [0.29, 0.717) is 13.0 Å². The van der Waals surface area contributed by atoms with Gasteiger partial charge in [-0.15, -0.1) is 0 Å². The van der Waals surface area contributed by atoms with Gasteiger partial charge in [0.25, 0.3) is 0 Å². The lowest BCUT2D eigenvalue weighted by atomic mass is 9.84. The van der Waals surface area contributed by atoms with Crippen LogP contribution in [0.15, 0.2) is 0 Å². The molecule has 2 aliphatic rings. The van der Waals surface area contributed by atoms with Crippen molar-refractivity contribution in [1.82, 2.24) is 5.32 Å². The van der Waals surface area contributed by atoms with Gasteiger partial charge in [-0.05, 0) is 25.7 Å². The van der Waals surface area contributed by atoms with E-state index in [1.54, 1.807) is 0 Å². The molecule has 2 atom stereocenters. The lowest BCUT2D eigenvalue weighted by Crippen LogP contribution is -2.48. The number of amides is 1. The van der Waals surface area contributed by atoms with Gasteiger partial charge >= 0.3 is 0 Å². The van der Waals surface area contributed by atoms with Crippen molar-refractivity contribution in [2.45, 2.75) is 44.5 Å². The molecule has 1 saturated heterocycles. The Hall–Kier alpha value is -0.640. The summed E-state index contributed by atoms with van der Waals surface area (Å²) in [7, 11) is 0. The lowest BCUT2D eigenvalue weighted by molar-refractivity contribution is -0.135. The number of alkyl halides is 1. The molecule has 4 heteroatoms. The smallest absolute Gasteiger partial charge is 0.223 e. The van der Waals surface area contributed by atoms with E-state index in [1.807, 2.05) is 0 Å². The van der Waals surface area contributed by atoms with Crippen LogP contribution in [0.4, 0.5) is 4.39 Å². The lowest BCUT2D eigenvalue weighted by Gasteiger charge is -2.30. The Bertz CT molecular complexity index is 218. The minimum absolute atomic E-state index is 0.00870. The van der Waals surface area contributed by atoms with Gasteiger partial charge in [0.2, 0.25) is 12.3 Å². The number of hydrogen-bond acceptors (Lipinski definition) is 2. The highest BCUT2D eigenvalue weighted by Gasteiger charge is 2.31. The van der Waals surface area contributed by atoms with Crippen molar-refractivity contribution in [3.63, 3.8) is 0 Å². The zero-order valence-electron chi connectivity index (χ0n) is 8.17. The van der Waals surface area contributed by atoms with E-state index in [-0.39, 0.29) is 11.8 Å². The van der Waals surface area contributed by atoms with Crippen molar-refractivity contribution in [2.75, 3.05) is 6.61 Å². The molecule has 14 heavy (non-hydrogen) atoms. The number of ether oxygens (including phenoxy) is 1. The minimum atomic E-state index is -1.31. The Morgan fingerprint density at radius 3 is 2.64 bits per heavy atom. The zero-order valence-corrected chi connectivity index (χ0v) is 8.17. The van der Waals surface area contributed by atoms with Crippen LogP contribution in [0.2, 0.25) is 0 Å². The Balaban J connectivity index is 1.79. The summed E-state index contributed by atoms with van der Waals surface area (Å²) >= 11 is 0. The first-order valence-electron chi connectivity index (χ1n) is 5.33. The molecule has 0 aromatic heterocycles. The summed E-state index contributed by atoms with van der Waals surface area (Å²) in [6.45, 7) is 0.469. The number of carbonyl (C=O) groups is 1. The maximum atomic E-state index is 13.2. The van der Waals surface area contributed by atoms with Gasteiger partial charge in [0.15, 0.2) is 0 Å². The number of hydrogen-bond donors (Lipinski definition) is 1. The molecule has 2 unspecified atom stereocenters. The maximum Gasteiger partial charge on any atom is 0.223 e. The fourth-order valence-electron chi connectivity index (χ4n) is 1.86. The molecule has 0 radical (unpaired) electrons. The standard InChI is InChI=1S/C10H16FNO2/c11-9-8(5-2-6-14-9)12-10(13)7-3-1-4-7/h7-9H,1-6H2,(H,12,13). The van der Waals surface area contributed by atoms with Crippen molar-refractivity contribution in [2.24, 2.45) is 5.92 Å². The van der Waals surface area contributed by atoms with E-state index in [1.165, 1.54) is 0 Å². The predicted molar refractivity (Wildman–Crippen MR) is 49.4 cm³/mol. The highest BCUT2D eigenvalue weighted by atomic mass is 19.1. The zero-order chi connectivity index (χ0) is 9.97. The second-order valence-corrected chi connectivity index (χ2v) is 4.11. The molecular weight excluding hydrogens is 185 g/mol. The number of carbonyl (C=O) groups excluding carboxylic acids is 1. The molecule has 0 aromatic rings. The van der Waals surface area contributed by atoms with Crippen molar-refractivity contribution in [3.8, 4) is 0 Å². The SMILES string of the molecule is O=C(NC1CCCOC1F)C1CCC1. The van der Waals surface area contributed by atoms with Gasteiger partial charge in [0.1, 0.15) is 0 Å². The number of halogens is 1. The van der Waals surface area contributed by atoms with E-state index in [0.717, 1.165) is 25.7 Å². The number of rotatable bonds is 2. The van der Waals surface area contributed by atoms with Crippen LogP contribution in [0.3, 0.4) is 0 Å². The predicted octanol–water partition coefficient (Wildman–Crippen LogP) is 1.38. The average molecular weight is 201 g/mol. The molecule has 80 valence electrons. The molecule has 2 rings (SSSR count). The molecule has 1 aliphatic carbocycles. The van der Waals surface area contributed by atoms with Crippen LogP contribution >= 0.6 is 0 Å². The van der Waals surface area contributed by atoms with E-state index in [4.69, 9.17) is 4.74 Å². The summed E-state index contributed by atoms with van der Waals surface area (Å²) < 4.78 is 18.0. The highest BCUT2D eigenvalue weighted by Crippen LogP contribution is 2.27. The normalized spacial score (nSPS) is 33.5. The Kier molecular flexibility index (Phi) is 3.01. The maximum absolute atomic E-state index is 13.2. The fraction of sp³-hybridized carbons (Fsp3) is 0.900. The largest absolute Gasteiger partial charge is 0.348 e. The first-order chi connectivity index (χ1) is 6.77. The van der Waals surface area contributed by atoms with E-state index < -0.39 is 12.4 Å². The van der Waals surface area contributed by atoms with Gasteiger partial charge in [0, 0.05) is 5.92 Å². The second-order valence-electron chi connectivity index (χ2n) is 4.11. The molecule has 0 spiro atoms. The quantitative estimate of drug-likeness (QED) is 0.733. The average Bonchev–Trinajstić information content (AvgIpc) is 2.05. The Morgan fingerprint density at radius 2 is 2.07 bits per heavy atom. The highest BCUT2D eigenvalue weighted by molar-refractivity contribution is 5.79. The molecule has 1 heterocycles. The van der Waals surface area contributed by atoms with E-state index in [2.05, 4.69) is 5.32 Å². The third kappa shape index (κ3) is 2.05. The van der Waals surface area contributed by atoms with Gasteiger partial charge in [-0.1, -0.05) is 6.42 Å². The molecule has 1 N–H and O–H groups in total. The third-order valence-corrected chi connectivity index (χ3v) is 3.06. The summed E-state index contributed by atoms with van der Waals surface area (Å²) in [5.74, 6) is 0.138. The van der Waals surface area contributed by atoms with Crippen LogP contribution < -0.4 is 5.32 Å². The first-order valence-corrected chi connectivity index (χ1v) is 5.33. The fourth-order valence-corrected chi connectivity index (χ4v) is 1.86. The van der Waals surface area contributed by atoms with Crippen LogP contribution in [0.1, 0.15) is 32.1 Å². The molecule has 0 bridgehead atoms. The molecule has 1 saturated carbocycles. The van der Waals surface area contributed by atoms with Crippen LogP contribution in [0, 0.1) is 5.92 Å². The van der Waals surface area contributed by atoms with Gasteiger partial charge in [0.05, 0.1) is 12.6 Å². The van der Waals surface area contributed by atoms with Crippen LogP contribution in [0.5, 0.6) is 0 Å². The van der Waals surface area contributed by atoms with E-state index >= 15 is 0 Å². The van der Waals surface area contributed by atoms with Gasteiger partial charge in [-0.25, -0.2) is 4.39 Å². The van der Waals surface area contributed by atoms with Crippen molar-refractivity contribution in [3.05, 3.63) is 0 Å². The third-order valence-electron chi connectivity index (χ3n) is 3.06.